The van der Waals surface area contributed by atoms with Gasteiger partial charge in [-0.3, -0.25) is 0 Å². The molecule has 0 bridgehead atoms. The third kappa shape index (κ3) is 2.90. The van der Waals surface area contributed by atoms with Gasteiger partial charge >= 0.3 is 5.97 Å². The molecule has 6 heteroatoms. The van der Waals surface area contributed by atoms with Gasteiger partial charge in [-0.1, -0.05) is 11.1 Å². The van der Waals surface area contributed by atoms with E-state index in [4.69, 9.17) is 15.9 Å². The maximum atomic E-state index is 11.6. The van der Waals surface area contributed by atoms with Gasteiger partial charge < -0.3 is 9.47 Å². The molecule has 1 N–H and O–H groups in total. The third-order valence-electron chi connectivity index (χ3n) is 2.23. The Bertz CT molecular complexity index is 611. The van der Waals surface area contributed by atoms with E-state index in [2.05, 4.69) is 21.3 Å². The Morgan fingerprint density at radius 2 is 2.16 bits per heavy atom. The Labute approximate surface area is 109 Å². The summed E-state index contributed by atoms with van der Waals surface area (Å²) in [5.41, 5.74) is 0.739. The molecule has 0 atom stereocenters. The summed E-state index contributed by atoms with van der Waals surface area (Å²) in [6.07, 6.45) is 5.25. The van der Waals surface area contributed by atoms with Crippen molar-refractivity contribution in [3.63, 3.8) is 0 Å². The lowest BCUT2D eigenvalue weighted by atomic mass is 10.2. The minimum Gasteiger partial charge on any atom is -0.461 e. The summed E-state index contributed by atoms with van der Waals surface area (Å²) >= 11 is 0. The number of aromatic amines is 1. The number of carbonyl (C=O) groups excluding carboxylic acids is 1. The molecule has 19 heavy (non-hydrogen) atoms. The van der Waals surface area contributed by atoms with E-state index in [9.17, 15) is 4.79 Å². The van der Waals surface area contributed by atoms with Crippen LogP contribution in [0.2, 0.25) is 0 Å². The Morgan fingerprint density at radius 1 is 1.42 bits per heavy atom. The second kappa shape index (κ2) is 5.69. The number of benzene rings is 1. The molecule has 0 saturated carbocycles. The fraction of sp³-hybridized carbons (Fsp3) is 0.154. The van der Waals surface area contributed by atoms with Crippen molar-refractivity contribution < 1.29 is 14.3 Å². The second-order valence-electron chi connectivity index (χ2n) is 3.48. The molecular weight excluding hydrogens is 246 g/mol. The van der Waals surface area contributed by atoms with Crippen LogP contribution in [0.3, 0.4) is 0 Å². The summed E-state index contributed by atoms with van der Waals surface area (Å²) in [6, 6.07) is 6.82. The Hall–Kier alpha value is -2.81. The highest BCUT2D eigenvalue weighted by Crippen LogP contribution is 2.22. The number of esters is 1. The minimum absolute atomic E-state index is 0.00266. The first-order valence-electron chi connectivity index (χ1n) is 5.57. The highest BCUT2D eigenvalue weighted by molar-refractivity contribution is 5.89. The molecule has 0 aliphatic rings. The SMILES string of the molecule is C#Cc1ccc(Oc2[nH]nnc2C(=O)OCC)cc1. The van der Waals surface area contributed by atoms with Crippen LogP contribution in [0.4, 0.5) is 0 Å². The largest absolute Gasteiger partial charge is 0.461 e. The molecule has 0 unspecified atom stereocenters. The fourth-order valence-electron chi connectivity index (χ4n) is 1.36. The number of hydrogen-bond acceptors (Lipinski definition) is 5. The van der Waals surface area contributed by atoms with Crippen molar-refractivity contribution in [2.75, 3.05) is 6.61 Å². The quantitative estimate of drug-likeness (QED) is 0.667. The van der Waals surface area contributed by atoms with E-state index in [1.165, 1.54) is 0 Å². The van der Waals surface area contributed by atoms with Gasteiger partial charge in [0, 0.05) is 5.56 Å². The number of hydrogen-bond donors (Lipinski definition) is 1. The van der Waals surface area contributed by atoms with E-state index in [-0.39, 0.29) is 18.2 Å². The zero-order valence-electron chi connectivity index (χ0n) is 10.2. The zero-order chi connectivity index (χ0) is 13.7. The second-order valence-corrected chi connectivity index (χ2v) is 3.48. The van der Waals surface area contributed by atoms with Gasteiger partial charge in [-0.25, -0.2) is 9.89 Å². The number of H-pyrrole nitrogens is 1. The van der Waals surface area contributed by atoms with Gasteiger partial charge in [0.1, 0.15) is 5.75 Å². The summed E-state index contributed by atoms with van der Waals surface area (Å²) < 4.78 is 10.3. The van der Waals surface area contributed by atoms with Crippen molar-refractivity contribution in [2.24, 2.45) is 0 Å². The number of carbonyl (C=O) groups is 1. The number of aromatic nitrogens is 3. The molecule has 0 amide bonds. The molecule has 1 aromatic carbocycles. The van der Waals surface area contributed by atoms with Crippen LogP contribution in [0, 0.1) is 12.3 Å². The van der Waals surface area contributed by atoms with Crippen LogP contribution in [0.5, 0.6) is 11.6 Å². The van der Waals surface area contributed by atoms with Crippen molar-refractivity contribution in [1.82, 2.24) is 15.4 Å². The maximum absolute atomic E-state index is 11.6. The Kier molecular flexibility index (Phi) is 3.78. The van der Waals surface area contributed by atoms with E-state index in [0.29, 0.717) is 5.75 Å². The van der Waals surface area contributed by atoms with E-state index in [1.807, 2.05) is 0 Å². The van der Waals surface area contributed by atoms with Crippen LogP contribution < -0.4 is 4.74 Å². The molecule has 0 radical (unpaired) electrons. The van der Waals surface area contributed by atoms with Crippen molar-refractivity contribution in [3.8, 4) is 24.0 Å². The lowest BCUT2D eigenvalue weighted by Crippen LogP contribution is -2.06. The molecule has 1 aromatic heterocycles. The lowest BCUT2D eigenvalue weighted by Gasteiger charge is -2.04. The monoisotopic (exact) mass is 257 g/mol. The summed E-state index contributed by atoms with van der Waals surface area (Å²) in [6.45, 7) is 1.96. The van der Waals surface area contributed by atoms with Gasteiger partial charge in [0.25, 0.3) is 5.88 Å². The Morgan fingerprint density at radius 3 is 2.79 bits per heavy atom. The zero-order valence-corrected chi connectivity index (χ0v) is 10.2. The van der Waals surface area contributed by atoms with Crippen LogP contribution in [0.15, 0.2) is 24.3 Å². The molecular formula is C13H11N3O3. The molecule has 0 aliphatic carbocycles. The number of terminal acetylenes is 1. The minimum atomic E-state index is -0.591. The van der Waals surface area contributed by atoms with Crippen molar-refractivity contribution in [1.29, 1.82) is 0 Å². The van der Waals surface area contributed by atoms with Crippen molar-refractivity contribution >= 4 is 5.97 Å². The van der Waals surface area contributed by atoms with Crippen LogP contribution in [-0.2, 0) is 4.74 Å². The average Bonchev–Trinajstić information content (AvgIpc) is 2.88. The maximum Gasteiger partial charge on any atom is 0.364 e. The van der Waals surface area contributed by atoms with Gasteiger partial charge in [-0.05, 0) is 31.2 Å². The summed E-state index contributed by atoms with van der Waals surface area (Å²) in [5, 5.41) is 9.65. The predicted octanol–water partition coefficient (Wildman–Crippen LogP) is 1.75. The average molecular weight is 257 g/mol. The van der Waals surface area contributed by atoms with Crippen LogP contribution in [0.1, 0.15) is 23.0 Å². The number of ether oxygens (including phenoxy) is 2. The van der Waals surface area contributed by atoms with Crippen LogP contribution in [-0.4, -0.2) is 28.0 Å². The number of nitrogens with zero attached hydrogens (tertiary/aromatic N) is 2. The molecule has 2 aromatic rings. The van der Waals surface area contributed by atoms with E-state index >= 15 is 0 Å². The normalized spacial score (nSPS) is 9.68. The van der Waals surface area contributed by atoms with Gasteiger partial charge in [0.05, 0.1) is 6.61 Å². The summed E-state index contributed by atoms with van der Waals surface area (Å²) in [5.74, 6) is 2.55. The van der Waals surface area contributed by atoms with Gasteiger partial charge in [0.15, 0.2) is 0 Å². The van der Waals surface area contributed by atoms with E-state index in [1.54, 1.807) is 31.2 Å². The highest BCUT2D eigenvalue weighted by atomic mass is 16.5. The molecule has 2 rings (SSSR count). The molecule has 0 saturated heterocycles. The van der Waals surface area contributed by atoms with Gasteiger partial charge in [-0.2, -0.15) is 0 Å². The van der Waals surface area contributed by atoms with Gasteiger partial charge in [-0.15, -0.1) is 11.5 Å². The summed E-state index contributed by atoms with van der Waals surface area (Å²) in [4.78, 5) is 11.6. The molecule has 6 nitrogen and oxygen atoms in total. The molecule has 96 valence electrons. The third-order valence-corrected chi connectivity index (χ3v) is 2.23. The standard InChI is InChI=1S/C13H11N3O3/c1-3-9-5-7-10(8-6-9)19-12-11(14-16-15-12)13(17)18-4-2/h1,5-8H,4H2,2H3,(H,14,15,16). The van der Waals surface area contributed by atoms with E-state index in [0.717, 1.165) is 5.56 Å². The lowest BCUT2D eigenvalue weighted by molar-refractivity contribution is 0.0516. The first kappa shape index (κ1) is 12.6. The first-order valence-corrected chi connectivity index (χ1v) is 5.57. The van der Waals surface area contributed by atoms with Gasteiger partial charge in [0.2, 0.25) is 5.69 Å². The van der Waals surface area contributed by atoms with E-state index < -0.39 is 5.97 Å². The van der Waals surface area contributed by atoms with Crippen LogP contribution >= 0.6 is 0 Å². The van der Waals surface area contributed by atoms with Crippen LogP contribution in [0.25, 0.3) is 0 Å². The summed E-state index contributed by atoms with van der Waals surface area (Å²) in [7, 11) is 0. The number of rotatable bonds is 4. The smallest absolute Gasteiger partial charge is 0.364 e. The molecule has 1 heterocycles. The Balaban J connectivity index is 2.17. The molecule has 0 aliphatic heterocycles. The van der Waals surface area contributed by atoms with Crippen molar-refractivity contribution in [2.45, 2.75) is 6.92 Å². The highest BCUT2D eigenvalue weighted by Gasteiger charge is 2.19. The first-order chi connectivity index (χ1) is 9.24. The fourth-order valence-corrected chi connectivity index (χ4v) is 1.36. The predicted molar refractivity (Wildman–Crippen MR) is 66.8 cm³/mol. The topological polar surface area (TPSA) is 77.1 Å². The van der Waals surface area contributed by atoms with Crippen molar-refractivity contribution in [3.05, 3.63) is 35.5 Å². The molecule has 0 fully saturated rings. The number of nitrogens with one attached hydrogen (secondary N) is 1. The molecule has 0 spiro atoms.